The van der Waals surface area contributed by atoms with E-state index in [2.05, 4.69) is 40.8 Å². The lowest BCUT2D eigenvalue weighted by atomic mass is 10.1. The van der Waals surface area contributed by atoms with E-state index in [0.717, 1.165) is 25.2 Å². The molecule has 0 fully saturated rings. The summed E-state index contributed by atoms with van der Waals surface area (Å²) in [7, 11) is 0. The van der Waals surface area contributed by atoms with Crippen molar-refractivity contribution in [3.05, 3.63) is 34.0 Å². The fraction of sp³-hybridized carbons (Fsp3) is 0.538. The van der Waals surface area contributed by atoms with Crippen LogP contribution in [-0.4, -0.2) is 21.3 Å². The van der Waals surface area contributed by atoms with E-state index in [-0.39, 0.29) is 0 Å². The molecule has 1 unspecified atom stereocenters. The lowest BCUT2D eigenvalue weighted by Crippen LogP contribution is -2.22. The van der Waals surface area contributed by atoms with E-state index in [0.29, 0.717) is 6.04 Å². The summed E-state index contributed by atoms with van der Waals surface area (Å²) in [4.78, 5) is 4.54. The molecule has 0 aromatic carbocycles. The monoisotopic (exact) mass is 264 g/mol. The number of hydrogen-bond acceptors (Lipinski definition) is 4. The number of thiazole rings is 1. The number of aromatic nitrogens is 3. The summed E-state index contributed by atoms with van der Waals surface area (Å²) in [5.41, 5.74) is 2.35. The Bertz CT molecular complexity index is 489. The third-order valence-electron chi connectivity index (χ3n) is 2.88. The second kappa shape index (κ2) is 6.11. The first-order valence-corrected chi connectivity index (χ1v) is 7.27. The third kappa shape index (κ3) is 3.17. The van der Waals surface area contributed by atoms with Gasteiger partial charge >= 0.3 is 0 Å². The number of nitrogens with one attached hydrogen (secondary N) is 1. The SMILES string of the molecule is CCNC(Cc1nc(C)cs1)c1cnn(CC)c1. The molecule has 0 saturated heterocycles. The summed E-state index contributed by atoms with van der Waals surface area (Å²) < 4.78 is 1.97. The quantitative estimate of drug-likeness (QED) is 0.872. The highest BCUT2D eigenvalue weighted by Gasteiger charge is 2.14. The van der Waals surface area contributed by atoms with E-state index in [1.807, 2.05) is 17.8 Å². The maximum Gasteiger partial charge on any atom is 0.0947 e. The van der Waals surface area contributed by atoms with Crippen LogP contribution in [0.15, 0.2) is 17.8 Å². The molecule has 2 heterocycles. The van der Waals surface area contributed by atoms with E-state index in [1.165, 1.54) is 10.6 Å². The predicted molar refractivity (Wildman–Crippen MR) is 74.9 cm³/mol. The highest BCUT2D eigenvalue weighted by molar-refractivity contribution is 7.09. The van der Waals surface area contributed by atoms with E-state index in [9.17, 15) is 0 Å². The molecular formula is C13H20N4S. The van der Waals surface area contributed by atoms with Gasteiger partial charge in [0.25, 0.3) is 0 Å². The molecule has 2 aromatic heterocycles. The number of nitrogens with zero attached hydrogens (tertiary/aromatic N) is 3. The summed E-state index contributed by atoms with van der Waals surface area (Å²) in [5.74, 6) is 0. The van der Waals surface area contributed by atoms with E-state index in [1.54, 1.807) is 11.3 Å². The van der Waals surface area contributed by atoms with Crippen LogP contribution in [0.3, 0.4) is 0 Å². The van der Waals surface area contributed by atoms with Crippen LogP contribution < -0.4 is 5.32 Å². The fourth-order valence-electron chi connectivity index (χ4n) is 1.96. The molecular weight excluding hydrogens is 244 g/mol. The topological polar surface area (TPSA) is 42.7 Å². The summed E-state index contributed by atoms with van der Waals surface area (Å²) in [5, 5.41) is 11.1. The van der Waals surface area contributed by atoms with Gasteiger partial charge in [-0.3, -0.25) is 4.68 Å². The average Bonchev–Trinajstić information content (AvgIpc) is 2.97. The van der Waals surface area contributed by atoms with E-state index >= 15 is 0 Å². The van der Waals surface area contributed by atoms with Crippen LogP contribution in [0.1, 0.15) is 36.2 Å². The van der Waals surface area contributed by atoms with Gasteiger partial charge in [0.1, 0.15) is 0 Å². The maximum atomic E-state index is 4.54. The smallest absolute Gasteiger partial charge is 0.0947 e. The minimum Gasteiger partial charge on any atom is -0.310 e. The van der Waals surface area contributed by atoms with Crippen molar-refractivity contribution >= 4 is 11.3 Å². The van der Waals surface area contributed by atoms with Gasteiger partial charge in [0.15, 0.2) is 0 Å². The van der Waals surface area contributed by atoms with Crippen molar-refractivity contribution in [1.82, 2.24) is 20.1 Å². The van der Waals surface area contributed by atoms with Crippen LogP contribution in [0, 0.1) is 6.92 Å². The molecule has 98 valence electrons. The van der Waals surface area contributed by atoms with Gasteiger partial charge in [-0.15, -0.1) is 11.3 Å². The first kappa shape index (κ1) is 13.2. The molecule has 1 N–H and O–H groups in total. The van der Waals surface area contributed by atoms with Crippen molar-refractivity contribution in [3.63, 3.8) is 0 Å². The first-order valence-electron chi connectivity index (χ1n) is 6.39. The molecule has 2 rings (SSSR count). The highest BCUT2D eigenvalue weighted by Crippen LogP contribution is 2.20. The van der Waals surface area contributed by atoms with Crippen LogP contribution in [0.5, 0.6) is 0 Å². The first-order chi connectivity index (χ1) is 8.72. The number of aryl methyl sites for hydroxylation is 2. The number of rotatable bonds is 6. The molecule has 0 aliphatic carbocycles. The van der Waals surface area contributed by atoms with Gasteiger partial charge < -0.3 is 5.32 Å². The Morgan fingerprint density at radius 3 is 2.83 bits per heavy atom. The van der Waals surface area contributed by atoms with Crippen molar-refractivity contribution in [2.45, 2.75) is 39.8 Å². The molecule has 4 nitrogen and oxygen atoms in total. The summed E-state index contributed by atoms with van der Waals surface area (Å²) >= 11 is 1.73. The second-order valence-electron chi connectivity index (χ2n) is 4.33. The molecule has 0 aliphatic heterocycles. The Labute approximate surface area is 112 Å². The van der Waals surface area contributed by atoms with Crippen molar-refractivity contribution in [3.8, 4) is 0 Å². The fourth-order valence-corrected chi connectivity index (χ4v) is 2.78. The lowest BCUT2D eigenvalue weighted by Gasteiger charge is -2.14. The molecule has 0 radical (unpaired) electrons. The number of hydrogen-bond donors (Lipinski definition) is 1. The normalized spacial score (nSPS) is 12.8. The molecule has 2 aromatic rings. The van der Waals surface area contributed by atoms with Crippen LogP contribution in [0.2, 0.25) is 0 Å². The third-order valence-corrected chi connectivity index (χ3v) is 3.86. The highest BCUT2D eigenvalue weighted by atomic mass is 32.1. The Balaban J connectivity index is 2.12. The largest absolute Gasteiger partial charge is 0.310 e. The molecule has 0 bridgehead atoms. The van der Waals surface area contributed by atoms with E-state index in [4.69, 9.17) is 0 Å². The minimum atomic E-state index is 0.306. The lowest BCUT2D eigenvalue weighted by molar-refractivity contribution is 0.547. The molecule has 0 saturated carbocycles. The van der Waals surface area contributed by atoms with Gasteiger partial charge in [-0.2, -0.15) is 5.10 Å². The molecule has 5 heteroatoms. The molecule has 0 amide bonds. The number of likely N-dealkylation sites (N-methyl/N-ethyl adjacent to an activating group) is 1. The summed E-state index contributed by atoms with van der Waals surface area (Å²) in [6.07, 6.45) is 5.01. The Morgan fingerprint density at radius 1 is 1.44 bits per heavy atom. The van der Waals surface area contributed by atoms with Gasteiger partial charge in [-0.25, -0.2) is 4.98 Å². The average molecular weight is 264 g/mol. The molecule has 0 aliphatic rings. The van der Waals surface area contributed by atoms with Crippen molar-refractivity contribution in [2.24, 2.45) is 0 Å². The molecule has 18 heavy (non-hydrogen) atoms. The Morgan fingerprint density at radius 2 is 2.28 bits per heavy atom. The van der Waals surface area contributed by atoms with Crippen LogP contribution in [-0.2, 0) is 13.0 Å². The van der Waals surface area contributed by atoms with Crippen molar-refractivity contribution < 1.29 is 0 Å². The van der Waals surface area contributed by atoms with Crippen LogP contribution in [0.25, 0.3) is 0 Å². The Kier molecular flexibility index (Phi) is 4.49. The zero-order chi connectivity index (χ0) is 13.0. The zero-order valence-corrected chi connectivity index (χ0v) is 12.0. The van der Waals surface area contributed by atoms with Gasteiger partial charge in [0.2, 0.25) is 0 Å². The van der Waals surface area contributed by atoms with Gasteiger partial charge in [-0.1, -0.05) is 6.92 Å². The molecule has 1 atom stereocenters. The van der Waals surface area contributed by atoms with Crippen LogP contribution in [0.4, 0.5) is 0 Å². The molecule has 0 spiro atoms. The second-order valence-corrected chi connectivity index (χ2v) is 5.27. The van der Waals surface area contributed by atoms with Crippen molar-refractivity contribution in [2.75, 3.05) is 6.54 Å². The Hall–Kier alpha value is -1.20. The van der Waals surface area contributed by atoms with Gasteiger partial charge in [-0.05, 0) is 20.4 Å². The van der Waals surface area contributed by atoms with Crippen LogP contribution >= 0.6 is 11.3 Å². The van der Waals surface area contributed by atoms with Gasteiger partial charge in [0.05, 0.1) is 11.2 Å². The predicted octanol–water partition coefficient (Wildman–Crippen LogP) is 2.56. The maximum absolute atomic E-state index is 4.54. The minimum absolute atomic E-state index is 0.306. The zero-order valence-electron chi connectivity index (χ0n) is 11.2. The van der Waals surface area contributed by atoms with Crippen molar-refractivity contribution in [1.29, 1.82) is 0 Å². The summed E-state index contributed by atoms with van der Waals surface area (Å²) in [6, 6.07) is 0.306. The van der Waals surface area contributed by atoms with Gasteiger partial charge in [0, 0.05) is 41.8 Å². The van der Waals surface area contributed by atoms with E-state index < -0.39 is 0 Å². The standard InChI is InChI=1S/C13H20N4S/c1-4-14-12(6-13-16-10(3)9-18-13)11-7-15-17(5-2)8-11/h7-9,12,14H,4-6H2,1-3H3. The summed E-state index contributed by atoms with van der Waals surface area (Å²) in [6.45, 7) is 8.13.